The van der Waals surface area contributed by atoms with Crippen LogP contribution in [0.2, 0.25) is 0 Å². The predicted molar refractivity (Wildman–Crippen MR) is 54.2 cm³/mol. The first kappa shape index (κ1) is 10.0. The van der Waals surface area contributed by atoms with E-state index in [4.69, 9.17) is 0 Å². The molecule has 72 valence electrons. The minimum absolute atomic E-state index is 0.711. The van der Waals surface area contributed by atoms with Gasteiger partial charge in [0.05, 0.1) is 0 Å². The van der Waals surface area contributed by atoms with Gasteiger partial charge in [-0.1, -0.05) is 20.8 Å². The fraction of sp³-hybridized carbons (Fsp3) is 1.00. The van der Waals surface area contributed by atoms with Gasteiger partial charge >= 0.3 is 0 Å². The van der Waals surface area contributed by atoms with Crippen LogP contribution in [0, 0.1) is 11.8 Å². The van der Waals surface area contributed by atoms with Crippen molar-refractivity contribution >= 4 is 0 Å². The fourth-order valence-electron chi connectivity index (χ4n) is 1.86. The van der Waals surface area contributed by atoms with E-state index in [1.165, 1.54) is 19.3 Å². The van der Waals surface area contributed by atoms with Crippen molar-refractivity contribution in [2.75, 3.05) is 0 Å². The molecule has 0 aromatic rings. The van der Waals surface area contributed by atoms with Crippen LogP contribution < -0.4 is 5.32 Å². The van der Waals surface area contributed by atoms with Crippen LogP contribution >= 0.6 is 0 Å². The van der Waals surface area contributed by atoms with Crippen LogP contribution in [0.15, 0.2) is 0 Å². The smallest absolute Gasteiger partial charge is 0.00750 e. The molecule has 0 radical (unpaired) electrons. The van der Waals surface area contributed by atoms with E-state index in [0.29, 0.717) is 6.04 Å². The normalized spacial score (nSPS) is 31.8. The van der Waals surface area contributed by atoms with E-state index in [1.54, 1.807) is 0 Å². The molecule has 1 fully saturated rings. The summed E-state index contributed by atoms with van der Waals surface area (Å²) in [5.41, 5.74) is 0. The molecule has 0 heterocycles. The average molecular weight is 169 g/mol. The fourth-order valence-corrected chi connectivity index (χ4v) is 1.86. The molecular weight excluding hydrogens is 146 g/mol. The van der Waals surface area contributed by atoms with Crippen LogP contribution in [-0.2, 0) is 0 Å². The first-order valence-electron chi connectivity index (χ1n) is 5.39. The second-order valence-corrected chi connectivity index (χ2v) is 4.65. The van der Waals surface area contributed by atoms with E-state index < -0.39 is 0 Å². The molecule has 1 saturated carbocycles. The third-order valence-corrected chi connectivity index (χ3v) is 3.25. The van der Waals surface area contributed by atoms with Crippen molar-refractivity contribution in [1.29, 1.82) is 0 Å². The van der Waals surface area contributed by atoms with Crippen LogP contribution in [0.25, 0.3) is 0 Å². The van der Waals surface area contributed by atoms with Crippen molar-refractivity contribution in [2.24, 2.45) is 11.8 Å². The maximum atomic E-state index is 3.65. The van der Waals surface area contributed by atoms with Gasteiger partial charge < -0.3 is 5.32 Å². The summed E-state index contributed by atoms with van der Waals surface area (Å²) in [4.78, 5) is 0. The summed E-state index contributed by atoms with van der Waals surface area (Å²) in [5.74, 6) is 1.88. The van der Waals surface area contributed by atoms with Gasteiger partial charge in [0.2, 0.25) is 0 Å². The molecule has 0 amide bonds. The zero-order valence-corrected chi connectivity index (χ0v) is 8.93. The summed E-state index contributed by atoms with van der Waals surface area (Å²) >= 11 is 0. The minimum Gasteiger partial charge on any atom is -0.311 e. The Kier molecular flexibility index (Phi) is 3.57. The van der Waals surface area contributed by atoms with Crippen LogP contribution in [0.1, 0.15) is 47.0 Å². The standard InChI is InChI=1S/C11H23N/c1-5-9(4)12-11-6-10(7-11)8(2)3/h8-12H,5-7H2,1-4H3. The summed E-state index contributed by atoms with van der Waals surface area (Å²) < 4.78 is 0. The molecule has 1 aliphatic rings. The molecule has 0 aromatic heterocycles. The van der Waals surface area contributed by atoms with E-state index in [2.05, 4.69) is 33.0 Å². The zero-order chi connectivity index (χ0) is 9.14. The Morgan fingerprint density at radius 3 is 2.25 bits per heavy atom. The second kappa shape index (κ2) is 4.27. The van der Waals surface area contributed by atoms with Gasteiger partial charge in [-0.3, -0.25) is 0 Å². The second-order valence-electron chi connectivity index (χ2n) is 4.65. The van der Waals surface area contributed by atoms with Crippen molar-refractivity contribution in [3.63, 3.8) is 0 Å². The van der Waals surface area contributed by atoms with Crippen molar-refractivity contribution in [1.82, 2.24) is 5.32 Å². The number of rotatable bonds is 4. The van der Waals surface area contributed by atoms with Crippen molar-refractivity contribution in [2.45, 2.75) is 59.0 Å². The van der Waals surface area contributed by atoms with Gasteiger partial charge in [0, 0.05) is 12.1 Å². The van der Waals surface area contributed by atoms with E-state index in [9.17, 15) is 0 Å². The Labute approximate surface area is 76.9 Å². The topological polar surface area (TPSA) is 12.0 Å². The first-order valence-corrected chi connectivity index (χ1v) is 5.39. The van der Waals surface area contributed by atoms with Crippen LogP contribution in [-0.4, -0.2) is 12.1 Å². The van der Waals surface area contributed by atoms with E-state index in [-0.39, 0.29) is 0 Å². The van der Waals surface area contributed by atoms with E-state index in [1.807, 2.05) is 0 Å². The summed E-state index contributed by atoms with van der Waals surface area (Å²) in [6.45, 7) is 9.20. The van der Waals surface area contributed by atoms with Crippen LogP contribution in [0.3, 0.4) is 0 Å². The minimum atomic E-state index is 0.711. The summed E-state index contributed by atoms with van der Waals surface area (Å²) in [7, 11) is 0. The number of hydrogen-bond donors (Lipinski definition) is 1. The third kappa shape index (κ3) is 2.48. The number of nitrogens with one attached hydrogen (secondary N) is 1. The molecule has 12 heavy (non-hydrogen) atoms. The van der Waals surface area contributed by atoms with Gasteiger partial charge in [-0.25, -0.2) is 0 Å². The Bertz CT molecular complexity index is 125. The highest BCUT2D eigenvalue weighted by atomic mass is 15.0. The average Bonchev–Trinajstić information content (AvgIpc) is 1.94. The van der Waals surface area contributed by atoms with E-state index in [0.717, 1.165) is 17.9 Å². The Morgan fingerprint density at radius 1 is 1.25 bits per heavy atom. The van der Waals surface area contributed by atoms with Gasteiger partial charge in [-0.15, -0.1) is 0 Å². The quantitative estimate of drug-likeness (QED) is 0.682. The SMILES string of the molecule is CCC(C)NC1CC(C(C)C)C1. The Balaban J connectivity index is 2.09. The lowest BCUT2D eigenvalue weighted by molar-refractivity contribution is 0.158. The maximum absolute atomic E-state index is 3.65. The molecule has 1 aliphatic carbocycles. The summed E-state index contributed by atoms with van der Waals surface area (Å²) in [5, 5.41) is 3.65. The molecule has 0 bridgehead atoms. The summed E-state index contributed by atoms with van der Waals surface area (Å²) in [6, 6.07) is 1.54. The van der Waals surface area contributed by atoms with Crippen LogP contribution in [0.4, 0.5) is 0 Å². The van der Waals surface area contributed by atoms with E-state index >= 15 is 0 Å². The van der Waals surface area contributed by atoms with Gasteiger partial charge in [-0.05, 0) is 38.0 Å². The van der Waals surface area contributed by atoms with Gasteiger partial charge in [-0.2, -0.15) is 0 Å². The molecule has 1 rings (SSSR count). The molecule has 0 spiro atoms. The third-order valence-electron chi connectivity index (χ3n) is 3.25. The van der Waals surface area contributed by atoms with Crippen molar-refractivity contribution in [3.8, 4) is 0 Å². The highest BCUT2D eigenvalue weighted by Gasteiger charge is 2.31. The Morgan fingerprint density at radius 2 is 1.83 bits per heavy atom. The van der Waals surface area contributed by atoms with Gasteiger partial charge in [0.1, 0.15) is 0 Å². The first-order chi connectivity index (χ1) is 5.63. The van der Waals surface area contributed by atoms with Crippen molar-refractivity contribution < 1.29 is 0 Å². The lowest BCUT2D eigenvalue weighted by Crippen LogP contribution is -2.46. The van der Waals surface area contributed by atoms with Crippen molar-refractivity contribution in [3.05, 3.63) is 0 Å². The monoisotopic (exact) mass is 169 g/mol. The zero-order valence-electron chi connectivity index (χ0n) is 8.93. The molecule has 0 aliphatic heterocycles. The molecule has 1 nitrogen and oxygen atoms in total. The van der Waals surface area contributed by atoms with Crippen LogP contribution in [0.5, 0.6) is 0 Å². The maximum Gasteiger partial charge on any atom is 0.00750 e. The molecule has 1 atom stereocenters. The predicted octanol–water partition coefficient (Wildman–Crippen LogP) is 2.81. The lowest BCUT2D eigenvalue weighted by Gasteiger charge is -2.40. The Hall–Kier alpha value is -0.0400. The van der Waals surface area contributed by atoms with Gasteiger partial charge in [0.15, 0.2) is 0 Å². The number of hydrogen-bond acceptors (Lipinski definition) is 1. The highest BCUT2D eigenvalue weighted by Crippen LogP contribution is 2.33. The molecular formula is C11H23N. The molecule has 1 N–H and O–H groups in total. The highest BCUT2D eigenvalue weighted by molar-refractivity contribution is 4.87. The van der Waals surface area contributed by atoms with Gasteiger partial charge in [0.25, 0.3) is 0 Å². The largest absolute Gasteiger partial charge is 0.311 e. The molecule has 0 aromatic carbocycles. The molecule has 0 saturated heterocycles. The molecule has 1 heteroatoms. The molecule has 1 unspecified atom stereocenters. The summed E-state index contributed by atoms with van der Waals surface area (Å²) in [6.07, 6.45) is 4.06. The lowest BCUT2D eigenvalue weighted by atomic mass is 9.73.